The van der Waals surface area contributed by atoms with Crippen LogP contribution in [-0.2, 0) is 0 Å². The molecule has 2 amide bonds. The molecular weight excluding hydrogens is 378 g/mol. The molecule has 0 radical (unpaired) electrons. The van der Waals surface area contributed by atoms with Crippen molar-refractivity contribution in [3.63, 3.8) is 0 Å². The molecule has 4 nitrogen and oxygen atoms in total. The minimum Gasteiger partial charge on any atom is -0.308 e. The Morgan fingerprint density at radius 3 is 2.52 bits per heavy atom. The summed E-state index contributed by atoms with van der Waals surface area (Å²) in [5.74, 6) is 0. The summed E-state index contributed by atoms with van der Waals surface area (Å²) in [5.41, 5.74) is 4.32. The van der Waals surface area contributed by atoms with Gasteiger partial charge >= 0.3 is 6.03 Å². The average Bonchev–Trinajstić information content (AvgIpc) is 3.09. The molecule has 0 bridgehead atoms. The molecule has 0 atom stereocenters. The Balaban J connectivity index is 1.46. The van der Waals surface area contributed by atoms with Gasteiger partial charge in [-0.1, -0.05) is 29.8 Å². The molecule has 0 spiro atoms. The monoisotopic (exact) mass is 393 g/mol. The van der Waals surface area contributed by atoms with Crippen molar-refractivity contribution in [3.05, 3.63) is 77.3 Å². The number of nitrogens with one attached hydrogen (secondary N) is 2. The number of carbonyl (C=O) groups is 1. The zero-order chi connectivity index (χ0) is 18.8. The maximum Gasteiger partial charge on any atom is 0.323 e. The highest BCUT2D eigenvalue weighted by molar-refractivity contribution is 7.21. The molecule has 2 N–H and O–H groups in total. The molecule has 0 saturated heterocycles. The Labute approximate surface area is 165 Å². The first-order valence-corrected chi connectivity index (χ1v) is 9.58. The third-order valence-electron chi connectivity index (χ3n) is 4.06. The van der Waals surface area contributed by atoms with Gasteiger partial charge in [0.2, 0.25) is 0 Å². The van der Waals surface area contributed by atoms with Crippen LogP contribution >= 0.6 is 22.9 Å². The van der Waals surface area contributed by atoms with Crippen molar-refractivity contribution >= 4 is 50.6 Å². The zero-order valence-corrected chi connectivity index (χ0v) is 16.1. The van der Waals surface area contributed by atoms with E-state index in [0.29, 0.717) is 16.4 Å². The maximum absolute atomic E-state index is 12.2. The van der Waals surface area contributed by atoms with Crippen molar-refractivity contribution in [1.82, 2.24) is 4.98 Å². The summed E-state index contributed by atoms with van der Waals surface area (Å²) in [6.07, 6.45) is 0. The van der Waals surface area contributed by atoms with E-state index in [2.05, 4.69) is 21.7 Å². The van der Waals surface area contributed by atoms with Crippen molar-refractivity contribution in [2.24, 2.45) is 0 Å². The molecule has 6 heteroatoms. The van der Waals surface area contributed by atoms with Gasteiger partial charge in [-0.15, -0.1) is 11.3 Å². The third-order valence-corrected chi connectivity index (χ3v) is 5.45. The largest absolute Gasteiger partial charge is 0.323 e. The smallest absolute Gasteiger partial charge is 0.308 e. The van der Waals surface area contributed by atoms with E-state index >= 15 is 0 Å². The lowest BCUT2D eigenvalue weighted by Crippen LogP contribution is -2.19. The van der Waals surface area contributed by atoms with E-state index in [4.69, 9.17) is 11.6 Å². The average molecular weight is 394 g/mol. The van der Waals surface area contributed by atoms with E-state index in [9.17, 15) is 4.79 Å². The minimum atomic E-state index is -0.339. The molecule has 0 unspecified atom stereocenters. The van der Waals surface area contributed by atoms with Crippen LogP contribution in [0.15, 0.2) is 66.7 Å². The predicted octanol–water partition coefficient (Wildman–Crippen LogP) is 6.57. The Morgan fingerprint density at radius 2 is 1.78 bits per heavy atom. The number of benzene rings is 3. The minimum absolute atomic E-state index is 0.339. The van der Waals surface area contributed by atoms with E-state index in [1.807, 2.05) is 61.5 Å². The van der Waals surface area contributed by atoms with Gasteiger partial charge in [0.1, 0.15) is 5.01 Å². The number of thiazole rings is 1. The van der Waals surface area contributed by atoms with E-state index in [1.54, 1.807) is 17.4 Å². The lowest BCUT2D eigenvalue weighted by Gasteiger charge is -2.10. The van der Waals surface area contributed by atoms with E-state index < -0.39 is 0 Å². The van der Waals surface area contributed by atoms with Crippen LogP contribution in [0.2, 0.25) is 5.02 Å². The summed E-state index contributed by atoms with van der Waals surface area (Å²) >= 11 is 7.80. The lowest BCUT2D eigenvalue weighted by molar-refractivity contribution is 0.262. The number of para-hydroxylation sites is 1. The standard InChI is InChI=1S/C21H16ClN3OS/c1-13-6-11-17(16(22)12-13)25-21(26)23-15-9-7-14(8-10-15)20-24-18-4-2-3-5-19(18)27-20/h2-12H,1H3,(H2,23,25,26). The number of anilines is 2. The Kier molecular flexibility index (Phi) is 4.79. The number of aromatic nitrogens is 1. The first kappa shape index (κ1) is 17.5. The molecular formula is C21H16ClN3OS. The number of hydrogen-bond donors (Lipinski definition) is 2. The number of halogens is 1. The van der Waals surface area contributed by atoms with Crippen LogP contribution < -0.4 is 10.6 Å². The van der Waals surface area contributed by atoms with Crippen LogP contribution in [-0.4, -0.2) is 11.0 Å². The van der Waals surface area contributed by atoms with Gasteiger partial charge < -0.3 is 10.6 Å². The number of hydrogen-bond acceptors (Lipinski definition) is 3. The second-order valence-electron chi connectivity index (χ2n) is 6.13. The van der Waals surface area contributed by atoms with Gasteiger partial charge in [0.05, 0.1) is 20.9 Å². The van der Waals surface area contributed by atoms with Gasteiger partial charge in [-0.2, -0.15) is 0 Å². The van der Waals surface area contributed by atoms with Crippen molar-refractivity contribution in [2.75, 3.05) is 10.6 Å². The van der Waals surface area contributed by atoms with Gasteiger partial charge in [0.15, 0.2) is 0 Å². The fourth-order valence-electron chi connectivity index (χ4n) is 2.70. The van der Waals surface area contributed by atoms with Crippen LogP contribution in [0.5, 0.6) is 0 Å². The van der Waals surface area contributed by atoms with Crippen molar-refractivity contribution in [1.29, 1.82) is 0 Å². The summed E-state index contributed by atoms with van der Waals surface area (Å²) in [5, 5.41) is 7.04. The molecule has 27 heavy (non-hydrogen) atoms. The van der Waals surface area contributed by atoms with Crippen LogP contribution in [0.3, 0.4) is 0 Å². The molecule has 0 fully saturated rings. The quantitative estimate of drug-likeness (QED) is 0.413. The highest BCUT2D eigenvalue weighted by atomic mass is 35.5. The second kappa shape index (κ2) is 7.39. The molecule has 0 aliphatic carbocycles. The number of fused-ring (bicyclic) bond motifs is 1. The fourth-order valence-corrected chi connectivity index (χ4v) is 3.95. The van der Waals surface area contributed by atoms with Crippen molar-refractivity contribution < 1.29 is 4.79 Å². The number of urea groups is 1. The first-order valence-electron chi connectivity index (χ1n) is 8.39. The summed E-state index contributed by atoms with van der Waals surface area (Å²) in [6.45, 7) is 1.95. The molecule has 0 aliphatic heterocycles. The predicted molar refractivity (Wildman–Crippen MR) is 114 cm³/mol. The molecule has 4 aromatic rings. The molecule has 0 aliphatic rings. The van der Waals surface area contributed by atoms with Crippen molar-refractivity contribution in [3.8, 4) is 10.6 Å². The van der Waals surface area contributed by atoms with Gasteiger partial charge in [0, 0.05) is 11.3 Å². The molecule has 1 aromatic heterocycles. The third kappa shape index (κ3) is 3.94. The summed E-state index contributed by atoms with van der Waals surface area (Å²) in [4.78, 5) is 16.9. The molecule has 134 valence electrons. The lowest BCUT2D eigenvalue weighted by atomic mass is 10.2. The number of rotatable bonds is 3. The van der Waals surface area contributed by atoms with E-state index in [1.165, 1.54) is 0 Å². The zero-order valence-electron chi connectivity index (χ0n) is 14.5. The van der Waals surface area contributed by atoms with Crippen LogP contribution in [0.1, 0.15) is 5.56 Å². The highest BCUT2D eigenvalue weighted by Crippen LogP contribution is 2.30. The Hall–Kier alpha value is -2.89. The first-order chi connectivity index (χ1) is 13.1. The van der Waals surface area contributed by atoms with Crippen LogP contribution in [0, 0.1) is 6.92 Å². The van der Waals surface area contributed by atoms with Gasteiger partial charge in [-0.3, -0.25) is 0 Å². The summed E-state index contributed by atoms with van der Waals surface area (Å²) in [7, 11) is 0. The number of amides is 2. The molecule has 4 rings (SSSR count). The Bertz CT molecular complexity index is 1090. The van der Waals surface area contributed by atoms with E-state index in [0.717, 1.165) is 26.4 Å². The Morgan fingerprint density at radius 1 is 1.00 bits per heavy atom. The number of carbonyl (C=O) groups excluding carboxylic acids is 1. The molecule has 3 aromatic carbocycles. The topological polar surface area (TPSA) is 54.0 Å². The second-order valence-corrected chi connectivity index (χ2v) is 7.56. The fraction of sp³-hybridized carbons (Fsp3) is 0.0476. The SMILES string of the molecule is Cc1ccc(NC(=O)Nc2ccc(-c3nc4ccccc4s3)cc2)c(Cl)c1. The van der Waals surface area contributed by atoms with Gasteiger partial charge in [-0.05, 0) is 61.0 Å². The number of aryl methyl sites for hydroxylation is 1. The maximum atomic E-state index is 12.2. The molecule has 0 saturated carbocycles. The van der Waals surface area contributed by atoms with Crippen LogP contribution in [0.25, 0.3) is 20.8 Å². The highest BCUT2D eigenvalue weighted by Gasteiger charge is 2.08. The van der Waals surface area contributed by atoms with Gasteiger partial charge in [0.25, 0.3) is 0 Å². The van der Waals surface area contributed by atoms with Gasteiger partial charge in [-0.25, -0.2) is 9.78 Å². The van der Waals surface area contributed by atoms with Crippen LogP contribution in [0.4, 0.5) is 16.2 Å². The van der Waals surface area contributed by atoms with E-state index in [-0.39, 0.29) is 6.03 Å². The molecule has 1 heterocycles. The normalized spacial score (nSPS) is 10.7. The van der Waals surface area contributed by atoms with Crippen molar-refractivity contribution in [2.45, 2.75) is 6.92 Å². The summed E-state index contributed by atoms with van der Waals surface area (Å²) in [6, 6.07) is 20.8. The number of nitrogens with zero attached hydrogens (tertiary/aromatic N) is 1. The summed E-state index contributed by atoms with van der Waals surface area (Å²) < 4.78 is 1.16.